The highest BCUT2D eigenvalue weighted by atomic mass is 16.6. The van der Waals surface area contributed by atoms with Gasteiger partial charge in [-0.05, 0) is 42.0 Å². The SMILES string of the molecule is NCCOCCOCCOCCOCCC1Cc2ccccc2C#Cc2ccccc21. The van der Waals surface area contributed by atoms with Crippen LogP contribution in [0.3, 0.4) is 0 Å². The maximum Gasteiger partial charge on any atom is 0.0701 e. The zero-order valence-electron chi connectivity index (χ0n) is 18.2. The van der Waals surface area contributed by atoms with Crippen LogP contribution in [0.1, 0.15) is 34.6 Å². The molecule has 2 aromatic carbocycles. The van der Waals surface area contributed by atoms with E-state index < -0.39 is 0 Å². The Morgan fingerprint density at radius 3 is 1.94 bits per heavy atom. The molecule has 3 rings (SSSR count). The van der Waals surface area contributed by atoms with Gasteiger partial charge in [-0.25, -0.2) is 0 Å². The Balaban J connectivity index is 1.36. The summed E-state index contributed by atoms with van der Waals surface area (Å²) < 4.78 is 22.1. The first kappa shape index (κ1) is 23.5. The molecule has 1 aliphatic carbocycles. The van der Waals surface area contributed by atoms with E-state index in [9.17, 15) is 0 Å². The lowest BCUT2D eigenvalue weighted by Gasteiger charge is -2.21. The van der Waals surface area contributed by atoms with Crippen LogP contribution in [0.25, 0.3) is 0 Å². The van der Waals surface area contributed by atoms with Crippen LogP contribution in [0.4, 0.5) is 0 Å². The minimum Gasteiger partial charge on any atom is -0.379 e. The third-order valence-electron chi connectivity index (χ3n) is 5.20. The van der Waals surface area contributed by atoms with Crippen molar-refractivity contribution >= 4 is 0 Å². The molecule has 1 atom stereocenters. The van der Waals surface area contributed by atoms with Crippen LogP contribution >= 0.6 is 0 Å². The average molecular weight is 424 g/mol. The highest BCUT2D eigenvalue weighted by Crippen LogP contribution is 2.29. The molecule has 0 saturated heterocycles. The Bertz CT molecular complexity index is 843. The average Bonchev–Trinajstić information content (AvgIpc) is 2.79. The molecule has 0 radical (unpaired) electrons. The van der Waals surface area contributed by atoms with Gasteiger partial charge in [0, 0.05) is 24.3 Å². The lowest BCUT2D eigenvalue weighted by Crippen LogP contribution is -2.15. The van der Waals surface area contributed by atoms with Crippen LogP contribution < -0.4 is 5.73 Å². The quantitative estimate of drug-likeness (QED) is 0.374. The molecule has 0 bridgehead atoms. The van der Waals surface area contributed by atoms with Crippen LogP contribution in [0.2, 0.25) is 0 Å². The Labute approximate surface area is 185 Å². The van der Waals surface area contributed by atoms with E-state index in [4.69, 9.17) is 24.7 Å². The second-order valence-electron chi connectivity index (χ2n) is 7.42. The molecule has 2 aromatic rings. The van der Waals surface area contributed by atoms with Crippen molar-refractivity contribution in [1.29, 1.82) is 0 Å². The van der Waals surface area contributed by atoms with E-state index in [1.807, 2.05) is 0 Å². The van der Waals surface area contributed by atoms with Gasteiger partial charge in [-0.3, -0.25) is 0 Å². The van der Waals surface area contributed by atoms with Crippen LogP contribution in [0.15, 0.2) is 48.5 Å². The Morgan fingerprint density at radius 1 is 0.677 bits per heavy atom. The first-order valence-electron chi connectivity index (χ1n) is 11.1. The van der Waals surface area contributed by atoms with Gasteiger partial charge in [-0.1, -0.05) is 48.2 Å². The van der Waals surface area contributed by atoms with Crippen molar-refractivity contribution in [3.8, 4) is 11.8 Å². The predicted molar refractivity (Wildman–Crippen MR) is 122 cm³/mol. The van der Waals surface area contributed by atoms with Gasteiger partial charge in [0.1, 0.15) is 0 Å². The molecule has 0 amide bonds. The molecule has 0 spiro atoms. The fourth-order valence-electron chi connectivity index (χ4n) is 3.63. The van der Waals surface area contributed by atoms with Gasteiger partial charge in [0.25, 0.3) is 0 Å². The molecular formula is C26H33NO4. The predicted octanol–water partition coefficient (Wildman–Crippen LogP) is 3.14. The molecule has 0 aromatic heterocycles. The van der Waals surface area contributed by atoms with Gasteiger partial charge < -0.3 is 24.7 Å². The number of hydrogen-bond acceptors (Lipinski definition) is 5. The van der Waals surface area contributed by atoms with E-state index in [2.05, 4.69) is 60.4 Å². The smallest absolute Gasteiger partial charge is 0.0701 e. The van der Waals surface area contributed by atoms with Crippen LogP contribution in [-0.2, 0) is 25.4 Å². The molecule has 2 N–H and O–H groups in total. The molecule has 31 heavy (non-hydrogen) atoms. The molecule has 1 aliphatic rings. The maximum absolute atomic E-state index is 5.85. The van der Waals surface area contributed by atoms with Crippen LogP contribution in [0.5, 0.6) is 0 Å². The van der Waals surface area contributed by atoms with Crippen LogP contribution in [-0.4, -0.2) is 59.4 Å². The zero-order valence-corrected chi connectivity index (χ0v) is 18.2. The molecule has 166 valence electrons. The van der Waals surface area contributed by atoms with Gasteiger partial charge in [-0.2, -0.15) is 0 Å². The monoisotopic (exact) mass is 423 g/mol. The molecule has 1 unspecified atom stereocenters. The Hall–Kier alpha value is -2.20. The number of hydrogen-bond donors (Lipinski definition) is 1. The van der Waals surface area contributed by atoms with E-state index in [0.717, 1.165) is 24.0 Å². The van der Waals surface area contributed by atoms with Crippen molar-refractivity contribution in [2.24, 2.45) is 5.73 Å². The molecule has 5 heteroatoms. The van der Waals surface area contributed by atoms with Crippen molar-refractivity contribution in [3.05, 3.63) is 70.8 Å². The van der Waals surface area contributed by atoms with Crippen molar-refractivity contribution in [2.45, 2.75) is 18.8 Å². The summed E-state index contributed by atoms with van der Waals surface area (Å²) in [6, 6.07) is 16.9. The summed E-state index contributed by atoms with van der Waals surface area (Å²) in [5.41, 5.74) is 10.2. The van der Waals surface area contributed by atoms with Crippen molar-refractivity contribution in [1.82, 2.24) is 0 Å². The summed E-state index contributed by atoms with van der Waals surface area (Å²) in [5.74, 6) is 7.10. The largest absolute Gasteiger partial charge is 0.379 e. The third-order valence-corrected chi connectivity index (χ3v) is 5.20. The van der Waals surface area contributed by atoms with E-state index in [1.165, 1.54) is 11.1 Å². The minimum atomic E-state index is 0.391. The first-order chi connectivity index (χ1) is 15.4. The second-order valence-corrected chi connectivity index (χ2v) is 7.42. The van der Waals surface area contributed by atoms with Crippen molar-refractivity contribution in [3.63, 3.8) is 0 Å². The fraction of sp³-hybridized carbons (Fsp3) is 0.462. The molecular weight excluding hydrogens is 390 g/mol. The molecule has 0 heterocycles. The summed E-state index contributed by atoms with van der Waals surface area (Å²) in [5, 5.41) is 0. The lowest BCUT2D eigenvalue weighted by molar-refractivity contribution is -0.00164. The van der Waals surface area contributed by atoms with Gasteiger partial charge in [0.2, 0.25) is 0 Å². The van der Waals surface area contributed by atoms with Crippen molar-refractivity contribution < 1.29 is 18.9 Å². The molecule has 0 saturated carbocycles. The summed E-state index contributed by atoms with van der Waals surface area (Å²) in [6.45, 7) is 5.23. The lowest BCUT2D eigenvalue weighted by atomic mass is 9.84. The van der Waals surface area contributed by atoms with E-state index >= 15 is 0 Å². The van der Waals surface area contributed by atoms with E-state index in [-0.39, 0.29) is 0 Å². The number of ether oxygens (including phenoxy) is 4. The van der Waals surface area contributed by atoms with Gasteiger partial charge in [-0.15, -0.1) is 0 Å². The van der Waals surface area contributed by atoms with Gasteiger partial charge >= 0.3 is 0 Å². The topological polar surface area (TPSA) is 62.9 Å². The standard InChI is InChI=1S/C26H33NO4/c27-12-14-29-16-18-31-20-19-30-17-15-28-13-11-25-21-24-7-2-1-5-22(24)9-10-23-6-3-4-8-26(23)25/h1-8,25H,11-21,27H2. The molecule has 5 nitrogen and oxygen atoms in total. The number of fused-ring (bicyclic) bond motifs is 2. The molecule has 0 fully saturated rings. The highest BCUT2D eigenvalue weighted by molar-refractivity contribution is 5.52. The zero-order chi connectivity index (χ0) is 21.6. The van der Waals surface area contributed by atoms with Crippen molar-refractivity contribution in [2.75, 3.05) is 59.4 Å². The summed E-state index contributed by atoms with van der Waals surface area (Å²) >= 11 is 0. The Kier molecular flexibility index (Phi) is 10.6. The summed E-state index contributed by atoms with van der Waals surface area (Å²) in [4.78, 5) is 0. The van der Waals surface area contributed by atoms with Gasteiger partial charge in [0.15, 0.2) is 0 Å². The van der Waals surface area contributed by atoms with E-state index in [0.29, 0.717) is 65.3 Å². The normalized spacial score (nSPS) is 14.7. The number of benzene rings is 2. The Morgan fingerprint density at radius 2 is 1.23 bits per heavy atom. The maximum atomic E-state index is 5.85. The first-order valence-corrected chi connectivity index (χ1v) is 11.1. The third kappa shape index (κ3) is 8.10. The fourth-order valence-corrected chi connectivity index (χ4v) is 3.63. The minimum absolute atomic E-state index is 0.391. The second kappa shape index (κ2) is 14.0. The van der Waals surface area contributed by atoms with Crippen LogP contribution in [0, 0.1) is 11.8 Å². The molecule has 0 aliphatic heterocycles. The van der Waals surface area contributed by atoms with Gasteiger partial charge in [0.05, 0.1) is 46.2 Å². The number of rotatable bonds is 14. The summed E-state index contributed by atoms with van der Waals surface area (Å²) in [7, 11) is 0. The number of nitrogens with two attached hydrogens (primary N) is 1. The van der Waals surface area contributed by atoms with E-state index in [1.54, 1.807) is 0 Å². The summed E-state index contributed by atoms with van der Waals surface area (Å²) in [6.07, 6.45) is 1.94. The highest BCUT2D eigenvalue weighted by Gasteiger charge is 2.18.